The number of halogens is 2. The van der Waals surface area contributed by atoms with E-state index in [2.05, 4.69) is 15.2 Å². The van der Waals surface area contributed by atoms with Crippen LogP contribution in [0.1, 0.15) is 53.3 Å². The van der Waals surface area contributed by atoms with Gasteiger partial charge in [-0.2, -0.15) is 0 Å². The molecule has 1 aliphatic carbocycles. The molecule has 3 heterocycles. The lowest BCUT2D eigenvalue weighted by atomic mass is 9.98. The molecule has 0 amide bonds. The monoisotopic (exact) mass is 500 g/mol. The van der Waals surface area contributed by atoms with Gasteiger partial charge in [0, 0.05) is 17.8 Å². The number of hydrogen-bond donors (Lipinski definition) is 2. The highest BCUT2D eigenvalue weighted by molar-refractivity contribution is 6.04. The topological polar surface area (TPSA) is 78.3 Å². The smallest absolute Gasteiger partial charge is 0.187 e. The Hall–Kier alpha value is -3.91. The molecule has 0 spiro atoms. The van der Waals surface area contributed by atoms with Gasteiger partial charge >= 0.3 is 0 Å². The van der Waals surface area contributed by atoms with Gasteiger partial charge in [-0.15, -0.1) is 0 Å². The highest BCUT2D eigenvalue weighted by atomic mass is 19.1. The summed E-state index contributed by atoms with van der Waals surface area (Å²) in [6.07, 6.45) is 6.99. The summed E-state index contributed by atoms with van der Waals surface area (Å²) in [5.74, 6) is -2.84. The molecule has 37 heavy (non-hydrogen) atoms. The molecule has 1 aliphatic heterocycles. The average molecular weight is 501 g/mol. The average Bonchev–Trinajstić information content (AvgIpc) is 3.63. The van der Waals surface area contributed by atoms with Crippen LogP contribution in [0.5, 0.6) is 5.75 Å². The lowest BCUT2D eigenvalue weighted by molar-refractivity contribution is 0.112. The van der Waals surface area contributed by atoms with E-state index in [-0.39, 0.29) is 11.5 Å². The van der Waals surface area contributed by atoms with Gasteiger partial charge in [0.25, 0.3) is 0 Å². The van der Waals surface area contributed by atoms with Crippen LogP contribution in [-0.4, -0.2) is 39.4 Å². The summed E-state index contributed by atoms with van der Waals surface area (Å²) in [6, 6.07) is 11.4. The molecule has 1 saturated carbocycles. The van der Waals surface area contributed by atoms with Gasteiger partial charge in [0.05, 0.1) is 40.0 Å². The van der Waals surface area contributed by atoms with Crippen LogP contribution in [0.2, 0.25) is 0 Å². The van der Waals surface area contributed by atoms with E-state index < -0.39 is 17.4 Å². The molecule has 2 aromatic heterocycles. The summed E-state index contributed by atoms with van der Waals surface area (Å²) in [6.45, 7) is 3.00. The number of rotatable bonds is 7. The number of fused-ring (bicyclic) bond motifs is 1. The first kappa shape index (κ1) is 23.5. The molecular weight excluding hydrogens is 474 g/mol. The molecule has 8 heteroatoms. The Morgan fingerprint density at radius 1 is 1.03 bits per heavy atom. The van der Waals surface area contributed by atoms with E-state index in [0.717, 1.165) is 68.0 Å². The van der Waals surface area contributed by atoms with Crippen LogP contribution in [0.25, 0.3) is 22.0 Å². The molecule has 0 radical (unpaired) electrons. The number of nitrogens with zero attached hydrogens (tertiary/aromatic N) is 3. The minimum Gasteiger partial charge on any atom is -0.503 e. The van der Waals surface area contributed by atoms with E-state index in [1.165, 1.54) is 12.8 Å². The van der Waals surface area contributed by atoms with Crippen LogP contribution in [0.15, 0.2) is 48.7 Å². The number of phenolic OH excluding ortho intramolecular Hbond substituents is 1. The lowest BCUT2D eigenvalue weighted by Gasteiger charge is -2.17. The molecule has 0 bridgehead atoms. The molecule has 6 rings (SSSR count). The number of likely N-dealkylation sites (tertiary alicyclic amines) is 1. The molecule has 188 valence electrons. The van der Waals surface area contributed by atoms with E-state index >= 15 is 0 Å². The van der Waals surface area contributed by atoms with Crippen molar-refractivity contribution in [2.24, 2.45) is 0 Å². The number of anilines is 2. The van der Waals surface area contributed by atoms with Crippen molar-refractivity contribution in [3.05, 3.63) is 77.2 Å². The number of pyridine rings is 2. The SMILES string of the molecule is O=Cc1c(C2CC2)nc2ccc(-c3cc(F)c(O)c(F)c3)cc2c1Nc1ccc(CN2CCCC2)nc1. The largest absolute Gasteiger partial charge is 0.503 e. The van der Waals surface area contributed by atoms with Crippen molar-refractivity contribution in [2.45, 2.75) is 38.1 Å². The van der Waals surface area contributed by atoms with Crippen LogP contribution < -0.4 is 5.32 Å². The predicted octanol–water partition coefficient (Wildman–Crippen LogP) is 6.31. The van der Waals surface area contributed by atoms with Gasteiger partial charge in [-0.3, -0.25) is 19.7 Å². The second-order valence-corrected chi connectivity index (χ2v) is 9.84. The summed E-state index contributed by atoms with van der Waals surface area (Å²) in [5, 5.41) is 13.5. The van der Waals surface area contributed by atoms with Gasteiger partial charge < -0.3 is 10.4 Å². The maximum absolute atomic E-state index is 14.1. The molecule has 2 fully saturated rings. The van der Waals surface area contributed by atoms with Crippen molar-refractivity contribution in [2.75, 3.05) is 18.4 Å². The van der Waals surface area contributed by atoms with Crippen LogP contribution >= 0.6 is 0 Å². The van der Waals surface area contributed by atoms with Crippen molar-refractivity contribution in [3.8, 4) is 16.9 Å². The summed E-state index contributed by atoms with van der Waals surface area (Å²) in [4.78, 5) is 24.1. The Morgan fingerprint density at radius 2 is 1.78 bits per heavy atom. The number of aromatic nitrogens is 2. The zero-order valence-electron chi connectivity index (χ0n) is 20.2. The Kier molecular flexibility index (Phi) is 6.04. The van der Waals surface area contributed by atoms with Gasteiger partial charge in [-0.1, -0.05) is 6.07 Å². The first-order valence-corrected chi connectivity index (χ1v) is 12.6. The second kappa shape index (κ2) is 9.52. The number of aldehydes is 1. The molecular formula is C29H26F2N4O2. The third-order valence-corrected chi connectivity index (χ3v) is 7.16. The van der Waals surface area contributed by atoms with E-state index in [1.54, 1.807) is 24.4 Å². The lowest BCUT2D eigenvalue weighted by Crippen LogP contribution is -2.19. The fraction of sp³-hybridized carbons (Fsp3) is 0.276. The quantitative estimate of drug-likeness (QED) is 0.290. The summed E-state index contributed by atoms with van der Waals surface area (Å²) in [5.41, 5.74) is 5.04. The maximum Gasteiger partial charge on any atom is 0.187 e. The van der Waals surface area contributed by atoms with Gasteiger partial charge in [-0.25, -0.2) is 8.78 Å². The highest BCUT2D eigenvalue weighted by Gasteiger charge is 2.30. The second-order valence-electron chi connectivity index (χ2n) is 9.84. The molecule has 2 N–H and O–H groups in total. The molecule has 0 unspecified atom stereocenters. The van der Waals surface area contributed by atoms with Crippen LogP contribution in [0.3, 0.4) is 0 Å². The van der Waals surface area contributed by atoms with Gasteiger partial charge in [0.1, 0.15) is 0 Å². The first-order chi connectivity index (χ1) is 18.0. The Labute approximate surface area is 213 Å². The molecule has 6 nitrogen and oxygen atoms in total. The number of benzene rings is 2. The number of nitrogens with one attached hydrogen (secondary N) is 1. The minimum absolute atomic E-state index is 0.242. The number of aromatic hydroxyl groups is 1. The predicted molar refractivity (Wildman–Crippen MR) is 138 cm³/mol. The molecule has 0 atom stereocenters. The Balaban J connectivity index is 1.42. The molecule has 2 aliphatic rings. The zero-order valence-corrected chi connectivity index (χ0v) is 20.2. The van der Waals surface area contributed by atoms with Crippen molar-refractivity contribution in [1.29, 1.82) is 0 Å². The van der Waals surface area contributed by atoms with E-state index in [9.17, 15) is 18.7 Å². The summed E-state index contributed by atoms with van der Waals surface area (Å²) in [7, 11) is 0. The molecule has 4 aromatic rings. The van der Waals surface area contributed by atoms with Gasteiger partial charge in [0.2, 0.25) is 0 Å². The maximum atomic E-state index is 14.1. The third-order valence-electron chi connectivity index (χ3n) is 7.16. The zero-order chi connectivity index (χ0) is 25.5. The Bertz CT molecular complexity index is 1470. The summed E-state index contributed by atoms with van der Waals surface area (Å²) >= 11 is 0. The first-order valence-electron chi connectivity index (χ1n) is 12.6. The van der Waals surface area contributed by atoms with Crippen LogP contribution in [0.4, 0.5) is 20.2 Å². The van der Waals surface area contributed by atoms with Gasteiger partial charge in [0.15, 0.2) is 23.7 Å². The Morgan fingerprint density at radius 3 is 2.43 bits per heavy atom. The van der Waals surface area contributed by atoms with E-state index in [1.807, 2.05) is 12.1 Å². The molecule has 1 saturated heterocycles. The van der Waals surface area contributed by atoms with Crippen molar-refractivity contribution in [3.63, 3.8) is 0 Å². The number of hydrogen-bond acceptors (Lipinski definition) is 6. The number of phenols is 1. The fourth-order valence-corrected chi connectivity index (χ4v) is 5.04. The highest BCUT2D eigenvalue weighted by Crippen LogP contribution is 2.44. The van der Waals surface area contributed by atoms with Crippen molar-refractivity contribution >= 4 is 28.6 Å². The normalized spacial score (nSPS) is 15.8. The van der Waals surface area contributed by atoms with Gasteiger partial charge in [-0.05, 0) is 86.3 Å². The van der Waals surface area contributed by atoms with Crippen molar-refractivity contribution < 1.29 is 18.7 Å². The van der Waals surface area contributed by atoms with Crippen LogP contribution in [0, 0.1) is 11.6 Å². The number of carbonyl (C=O) groups is 1. The van der Waals surface area contributed by atoms with Crippen molar-refractivity contribution in [1.82, 2.24) is 14.9 Å². The minimum atomic E-state index is -1.04. The summed E-state index contributed by atoms with van der Waals surface area (Å²) < 4.78 is 28.1. The van der Waals surface area contributed by atoms with E-state index in [0.29, 0.717) is 27.7 Å². The third kappa shape index (κ3) is 4.64. The van der Waals surface area contributed by atoms with Crippen LogP contribution in [-0.2, 0) is 6.54 Å². The van der Waals surface area contributed by atoms with E-state index in [4.69, 9.17) is 4.98 Å². The standard InChI is InChI=1S/C29H26F2N4O2/c30-24-12-19(13-25(31)29(24)37)18-5-8-26-22(11-18)28(23(16-36)27(34-26)17-3-4-17)33-20-6-7-21(32-14-20)15-35-9-1-2-10-35/h5-8,11-14,16-17,37H,1-4,9-10,15H2,(H,33,34). The molecule has 2 aromatic carbocycles. The fourth-order valence-electron chi connectivity index (χ4n) is 5.04. The number of carbonyl (C=O) groups excluding carboxylic acids is 1.